The van der Waals surface area contributed by atoms with E-state index in [4.69, 9.17) is 0 Å². The highest BCUT2D eigenvalue weighted by atomic mass is 32.2. The highest BCUT2D eigenvalue weighted by molar-refractivity contribution is 8.13. The van der Waals surface area contributed by atoms with E-state index in [9.17, 15) is 4.79 Å². The van der Waals surface area contributed by atoms with Crippen molar-refractivity contribution in [3.05, 3.63) is 11.3 Å². The molecule has 0 atom stereocenters. The van der Waals surface area contributed by atoms with E-state index in [1.165, 1.54) is 11.8 Å². The molecule has 4 nitrogen and oxygen atoms in total. The van der Waals surface area contributed by atoms with E-state index >= 15 is 0 Å². The summed E-state index contributed by atoms with van der Waals surface area (Å²) in [5, 5.41) is 0.599. The minimum atomic E-state index is 0.0354. The fourth-order valence-electron chi connectivity index (χ4n) is 1.20. The van der Waals surface area contributed by atoms with Gasteiger partial charge in [-0.25, -0.2) is 9.98 Å². The van der Waals surface area contributed by atoms with Crippen LogP contribution in [0.5, 0.6) is 0 Å². The molecular weight excluding hydrogens is 198 g/mol. The predicted octanol–water partition coefficient (Wildman–Crippen LogP) is 1.15. The van der Waals surface area contributed by atoms with Gasteiger partial charge in [0.1, 0.15) is 0 Å². The van der Waals surface area contributed by atoms with Crippen LogP contribution >= 0.6 is 11.8 Å². The Labute approximate surface area is 87.8 Å². The van der Waals surface area contributed by atoms with E-state index in [1.807, 2.05) is 6.26 Å². The molecule has 0 bridgehead atoms. The molecule has 0 unspecified atom stereocenters. The topological polar surface area (TPSA) is 45.0 Å². The van der Waals surface area contributed by atoms with Gasteiger partial charge >= 0.3 is 0 Å². The summed E-state index contributed by atoms with van der Waals surface area (Å²) < 4.78 is 0. The van der Waals surface area contributed by atoms with Gasteiger partial charge in [-0.3, -0.25) is 4.79 Å². The van der Waals surface area contributed by atoms with Crippen LogP contribution in [0.15, 0.2) is 21.3 Å². The number of rotatable bonds is 1. The van der Waals surface area contributed by atoms with Crippen LogP contribution in [0.25, 0.3) is 0 Å². The SMILES string of the molecule is C=N/C(=N\C1=C(C)C(=O)N(C)C1)SC. The van der Waals surface area contributed by atoms with Crippen LogP contribution in [0.4, 0.5) is 0 Å². The molecule has 0 aliphatic carbocycles. The van der Waals surface area contributed by atoms with Gasteiger partial charge in [0.05, 0.1) is 12.2 Å². The van der Waals surface area contributed by atoms with E-state index in [1.54, 1.807) is 18.9 Å². The minimum Gasteiger partial charge on any atom is -0.336 e. The summed E-state index contributed by atoms with van der Waals surface area (Å²) in [6.45, 7) is 5.76. The number of nitrogens with zero attached hydrogens (tertiary/aromatic N) is 3. The van der Waals surface area contributed by atoms with Crippen molar-refractivity contribution in [3.63, 3.8) is 0 Å². The number of amides is 1. The molecule has 0 N–H and O–H groups in total. The smallest absolute Gasteiger partial charge is 0.251 e. The second kappa shape index (κ2) is 4.41. The van der Waals surface area contributed by atoms with Crippen LogP contribution in [-0.4, -0.2) is 42.5 Å². The van der Waals surface area contributed by atoms with Crippen molar-refractivity contribution in [2.45, 2.75) is 6.92 Å². The number of thioether (sulfide) groups is 1. The maximum absolute atomic E-state index is 11.4. The number of carbonyl (C=O) groups is 1. The van der Waals surface area contributed by atoms with E-state index in [0.717, 1.165) is 5.70 Å². The molecule has 0 radical (unpaired) electrons. The Balaban J connectivity index is 2.95. The van der Waals surface area contributed by atoms with Gasteiger partial charge < -0.3 is 4.90 Å². The van der Waals surface area contributed by atoms with Crippen molar-refractivity contribution in [1.29, 1.82) is 0 Å². The summed E-state index contributed by atoms with van der Waals surface area (Å²) in [5.41, 5.74) is 1.48. The molecule has 1 aliphatic rings. The minimum absolute atomic E-state index is 0.0354. The molecule has 1 heterocycles. The number of amidine groups is 1. The van der Waals surface area contributed by atoms with E-state index in [0.29, 0.717) is 17.3 Å². The first kappa shape index (κ1) is 11.0. The summed E-state index contributed by atoms with van der Waals surface area (Å²) in [7, 11) is 1.76. The fourth-order valence-corrected chi connectivity index (χ4v) is 1.54. The zero-order chi connectivity index (χ0) is 10.7. The second-order valence-electron chi connectivity index (χ2n) is 2.99. The Kier molecular flexibility index (Phi) is 3.46. The van der Waals surface area contributed by atoms with Gasteiger partial charge in [-0.2, -0.15) is 0 Å². The summed E-state index contributed by atoms with van der Waals surface area (Å²) in [4.78, 5) is 21.1. The number of likely N-dealkylation sites (N-methyl/N-ethyl adjacent to an activating group) is 1. The normalized spacial score (nSPS) is 18.1. The first-order valence-electron chi connectivity index (χ1n) is 4.14. The number of aliphatic imine (C=N–C) groups is 2. The third-order valence-electron chi connectivity index (χ3n) is 2.04. The van der Waals surface area contributed by atoms with Crippen molar-refractivity contribution in [2.24, 2.45) is 9.98 Å². The molecule has 0 spiro atoms. The zero-order valence-electron chi connectivity index (χ0n) is 8.57. The quantitative estimate of drug-likeness (QED) is 0.482. The molecule has 1 aliphatic heterocycles. The molecule has 0 saturated carbocycles. The first-order chi connectivity index (χ1) is 6.60. The zero-order valence-corrected chi connectivity index (χ0v) is 9.39. The van der Waals surface area contributed by atoms with E-state index in [2.05, 4.69) is 16.7 Å². The standard InChI is InChI=1S/C9H13N3OS/c1-6-7(5-12(3)8(6)13)11-9(10-2)14-4/h2,5H2,1,3-4H3/b11-9+. The monoisotopic (exact) mass is 211 g/mol. The Hall–Kier alpha value is -1.10. The molecule has 0 aromatic carbocycles. The highest BCUT2D eigenvalue weighted by Crippen LogP contribution is 2.19. The average molecular weight is 211 g/mol. The Bertz CT molecular complexity index is 333. The third kappa shape index (κ3) is 2.04. The molecule has 5 heteroatoms. The van der Waals surface area contributed by atoms with Gasteiger partial charge in [-0.15, -0.1) is 0 Å². The van der Waals surface area contributed by atoms with Crippen LogP contribution < -0.4 is 0 Å². The molecule has 14 heavy (non-hydrogen) atoms. The molecule has 76 valence electrons. The fraction of sp³-hybridized carbons (Fsp3) is 0.444. The molecule has 0 saturated heterocycles. The lowest BCUT2D eigenvalue weighted by atomic mass is 10.3. The largest absolute Gasteiger partial charge is 0.336 e. The Morgan fingerprint density at radius 2 is 2.29 bits per heavy atom. The summed E-state index contributed by atoms with van der Waals surface area (Å²) in [6.07, 6.45) is 1.88. The lowest BCUT2D eigenvalue weighted by Crippen LogP contribution is -2.21. The van der Waals surface area contributed by atoms with Gasteiger partial charge in [0, 0.05) is 12.6 Å². The van der Waals surface area contributed by atoms with E-state index in [-0.39, 0.29) is 5.91 Å². The van der Waals surface area contributed by atoms with Crippen molar-refractivity contribution in [1.82, 2.24) is 4.90 Å². The first-order valence-corrected chi connectivity index (χ1v) is 5.37. The predicted molar refractivity (Wildman–Crippen MR) is 60.8 cm³/mol. The summed E-state index contributed by atoms with van der Waals surface area (Å²) >= 11 is 1.42. The molecule has 1 rings (SSSR count). The molecular formula is C9H13N3OS. The Morgan fingerprint density at radius 3 is 2.64 bits per heavy atom. The van der Waals surface area contributed by atoms with Crippen LogP contribution in [0, 0.1) is 0 Å². The van der Waals surface area contributed by atoms with Crippen molar-refractivity contribution >= 4 is 29.6 Å². The lowest BCUT2D eigenvalue weighted by molar-refractivity contribution is -0.124. The lowest BCUT2D eigenvalue weighted by Gasteiger charge is -2.06. The number of hydrogen-bond acceptors (Lipinski definition) is 3. The summed E-state index contributed by atoms with van der Waals surface area (Å²) in [6, 6.07) is 0. The van der Waals surface area contributed by atoms with Gasteiger partial charge in [0.2, 0.25) is 0 Å². The van der Waals surface area contributed by atoms with Gasteiger partial charge in [-0.05, 0) is 19.9 Å². The Morgan fingerprint density at radius 1 is 1.64 bits per heavy atom. The maximum atomic E-state index is 11.4. The molecule has 0 aromatic heterocycles. The van der Waals surface area contributed by atoms with Crippen LogP contribution in [0.3, 0.4) is 0 Å². The van der Waals surface area contributed by atoms with Gasteiger partial charge in [0.25, 0.3) is 5.91 Å². The van der Waals surface area contributed by atoms with E-state index < -0.39 is 0 Å². The van der Waals surface area contributed by atoms with Crippen LogP contribution in [0.2, 0.25) is 0 Å². The van der Waals surface area contributed by atoms with Gasteiger partial charge in [-0.1, -0.05) is 11.8 Å². The highest BCUT2D eigenvalue weighted by Gasteiger charge is 2.24. The van der Waals surface area contributed by atoms with Crippen molar-refractivity contribution < 1.29 is 4.79 Å². The van der Waals surface area contributed by atoms with Gasteiger partial charge in [0.15, 0.2) is 5.17 Å². The molecule has 0 aromatic rings. The molecule has 0 fully saturated rings. The van der Waals surface area contributed by atoms with Crippen molar-refractivity contribution in [2.75, 3.05) is 19.8 Å². The van der Waals surface area contributed by atoms with Crippen molar-refractivity contribution in [3.8, 4) is 0 Å². The van der Waals surface area contributed by atoms with Crippen LogP contribution in [0.1, 0.15) is 6.92 Å². The second-order valence-corrected chi connectivity index (χ2v) is 3.76. The van der Waals surface area contributed by atoms with Crippen LogP contribution in [-0.2, 0) is 4.79 Å². The maximum Gasteiger partial charge on any atom is 0.251 e. The number of hydrogen-bond donors (Lipinski definition) is 0. The average Bonchev–Trinajstić information content (AvgIpc) is 2.42. The number of carbonyl (C=O) groups excluding carboxylic acids is 1. The third-order valence-corrected chi connectivity index (χ3v) is 2.62. The summed E-state index contributed by atoms with van der Waals surface area (Å²) in [5.74, 6) is 0.0354. The molecule has 1 amide bonds.